The molecule has 3 nitrogen and oxygen atoms in total. The van der Waals surface area contributed by atoms with Gasteiger partial charge in [0.15, 0.2) is 0 Å². The van der Waals surface area contributed by atoms with Gasteiger partial charge in [0.1, 0.15) is 11.9 Å². The van der Waals surface area contributed by atoms with E-state index in [-0.39, 0.29) is 17.5 Å². The second kappa shape index (κ2) is 5.66. The van der Waals surface area contributed by atoms with Gasteiger partial charge >= 0.3 is 0 Å². The molecule has 4 rings (SSSR count). The third-order valence-electron chi connectivity index (χ3n) is 4.22. The summed E-state index contributed by atoms with van der Waals surface area (Å²) in [5, 5.41) is 2.00. The van der Waals surface area contributed by atoms with Crippen molar-refractivity contribution in [2.75, 3.05) is 6.54 Å². The molecule has 1 aliphatic rings. The first-order valence-electron chi connectivity index (χ1n) is 7.49. The van der Waals surface area contributed by atoms with E-state index in [1.165, 1.54) is 6.07 Å². The van der Waals surface area contributed by atoms with Gasteiger partial charge in [0, 0.05) is 29.9 Å². The van der Waals surface area contributed by atoms with Gasteiger partial charge in [-0.05, 0) is 35.7 Å². The van der Waals surface area contributed by atoms with E-state index in [1.54, 1.807) is 34.4 Å². The van der Waals surface area contributed by atoms with Crippen LogP contribution in [0.25, 0.3) is 0 Å². The Morgan fingerprint density at radius 2 is 1.96 bits per heavy atom. The Labute approximate surface area is 137 Å². The average molecular weight is 326 g/mol. The first kappa shape index (κ1) is 14.2. The van der Waals surface area contributed by atoms with E-state index in [9.17, 15) is 9.18 Å². The summed E-state index contributed by atoms with van der Waals surface area (Å²) in [5.74, 6) is -0.725. The van der Waals surface area contributed by atoms with E-state index in [4.69, 9.17) is 0 Å². The molecule has 1 amide bonds. The third-order valence-corrected chi connectivity index (χ3v) is 5.14. The molecule has 0 unspecified atom stereocenters. The van der Waals surface area contributed by atoms with Crippen LogP contribution in [0.4, 0.5) is 4.39 Å². The van der Waals surface area contributed by atoms with Gasteiger partial charge in [-0.3, -0.25) is 4.79 Å². The highest BCUT2D eigenvalue weighted by Gasteiger charge is 2.34. The van der Waals surface area contributed by atoms with Gasteiger partial charge in [-0.25, -0.2) is 4.39 Å². The number of carbonyl (C=O) groups excluding carboxylic acids is 1. The number of fused-ring (bicyclic) bond motifs is 1. The zero-order chi connectivity index (χ0) is 15.8. The van der Waals surface area contributed by atoms with Crippen LogP contribution in [0.2, 0.25) is 0 Å². The van der Waals surface area contributed by atoms with Crippen molar-refractivity contribution >= 4 is 17.2 Å². The quantitative estimate of drug-likeness (QED) is 0.700. The molecular formula is C18H15FN2OS. The monoisotopic (exact) mass is 326 g/mol. The zero-order valence-electron chi connectivity index (χ0n) is 12.4. The maximum absolute atomic E-state index is 14.1. The number of benzene rings is 1. The van der Waals surface area contributed by atoms with Crippen molar-refractivity contribution in [1.82, 2.24) is 9.47 Å². The first-order chi connectivity index (χ1) is 11.3. The smallest absolute Gasteiger partial charge is 0.257 e. The van der Waals surface area contributed by atoms with Crippen LogP contribution in [0.1, 0.15) is 27.0 Å². The predicted molar refractivity (Wildman–Crippen MR) is 88.0 cm³/mol. The Balaban J connectivity index is 1.78. The highest BCUT2D eigenvalue weighted by atomic mass is 32.1. The summed E-state index contributed by atoms with van der Waals surface area (Å²) in [6.07, 6.45) is 2.03. The summed E-state index contributed by atoms with van der Waals surface area (Å²) < 4.78 is 16.2. The van der Waals surface area contributed by atoms with Crippen LogP contribution in [0.5, 0.6) is 0 Å². The molecule has 3 heterocycles. The van der Waals surface area contributed by atoms with Crippen LogP contribution in [-0.2, 0) is 6.54 Å². The zero-order valence-corrected chi connectivity index (χ0v) is 13.2. The number of aromatic nitrogens is 1. The predicted octanol–water partition coefficient (Wildman–Crippen LogP) is 3.93. The minimum absolute atomic E-state index is 0.133. The van der Waals surface area contributed by atoms with Gasteiger partial charge in [0.05, 0.1) is 5.56 Å². The number of amides is 1. The summed E-state index contributed by atoms with van der Waals surface area (Å²) in [7, 11) is 0. The van der Waals surface area contributed by atoms with E-state index >= 15 is 0 Å². The number of rotatable bonds is 2. The number of carbonyl (C=O) groups is 1. The minimum atomic E-state index is -0.469. The molecule has 2 aromatic heterocycles. The fraction of sp³-hybridized carbons (Fsp3) is 0.167. The molecule has 23 heavy (non-hydrogen) atoms. The lowest BCUT2D eigenvalue weighted by Crippen LogP contribution is -2.42. The molecule has 116 valence electrons. The molecule has 0 saturated carbocycles. The average Bonchev–Trinajstić information content (AvgIpc) is 3.25. The number of nitrogens with zero attached hydrogens (tertiary/aromatic N) is 2. The van der Waals surface area contributed by atoms with Crippen LogP contribution in [0, 0.1) is 5.82 Å². The minimum Gasteiger partial charge on any atom is -0.347 e. The lowest BCUT2D eigenvalue weighted by molar-refractivity contribution is 0.0662. The molecule has 3 aromatic rings. The highest BCUT2D eigenvalue weighted by Crippen LogP contribution is 2.35. The third kappa shape index (κ3) is 2.37. The van der Waals surface area contributed by atoms with Crippen molar-refractivity contribution in [2.45, 2.75) is 12.6 Å². The fourth-order valence-corrected chi connectivity index (χ4v) is 3.99. The topological polar surface area (TPSA) is 25.2 Å². The van der Waals surface area contributed by atoms with Gasteiger partial charge in [0.25, 0.3) is 5.91 Å². The van der Waals surface area contributed by atoms with E-state index < -0.39 is 5.82 Å². The van der Waals surface area contributed by atoms with Gasteiger partial charge in [-0.2, -0.15) is 0 Å². The van der Waals surface area contributed by atoms with Gasteiger partial charge < -0.3 is 9.47 Å². The molecule has 1 aliphatic heterocycles. The van der Waals surface area contributed by atoms with Crippen molar-refractivity contribution in [1.29, 1.82) is 0 Å². The molecule has 0 N–H and O–H groups in total. The Bertz CT molecular complexity index is 840. The second-order valence-corrected chi connectivity index (χ2v) is 6.50. The molecule has 0 spiro atoms. The SMILES string of the molecule is O=C(c1ccccc1F)N1CCn2cccc2[C@H]1c1cccs1. The number of thiophene rings is 1. The summed E-state index contributed by atoms with van der Waals surface area (Å²) in [5.41, 5.74) is 1.21. The van der Waals surface area contributed by atoms with Crippen LogP contribution in [0.3, 0.4) is 0 Å². The van der Waals surface area contributed by atoms with Gasteiger partial charge in [0.2, 0.25) is 0 Å². The highest BCUT2D eigenvalue weighted by molar-refractivity contribution is 7.10. The van der Waals surface area contributed by atoms with E-state index in [0.29, 0.717) is 6.54 Å². The van der Waals surface area contributed by atoms with Crippen LogP contribution >= 0.6 is 11.3 Å². The van der Waals surface area contributed by atoms with Crippen molar-refractivity contribution in [3.63, 3.8) is 0 Å². The van der Waals surface area contributed by atoms with E-state index in [1.807, 2.05) is 35.8 Å². The van der Waals surface area contributed by atoms with Gasteiger partial charge in [-0.1, -0.05) is 18.2 Å². The Hall–Kier alpha value is -2.40. The van der Waals surface area contributed by atoms with E-state index in [2.05, 4.69) is 4.57 Å². The largest absolute Gasteiger partial charge is 0.347 e. The standard InChI is InChI=1S/C18H15FN2OS/c19-14-6-2-1-5-13(14)18(22)21-11-10-20-9-3-7-15(20)17(21)16-8-4-12-23-16/h1-9,12,17H,10-11H2/t17-/m0/s1. The van der Waals surface area contributed by atoms with Crippen LogP contribution < -0.4 is 0 Å². The lowest BCUT2D eigenvalue weighted by Gasteiger charge is -2.36. The molecule has 5 heteroatoms. The molecule has 0 saturated heterocycles. The normalized spacial score (nSPS) is 17.1. The maximum atomic E-state index is 14.1. The second-order valence-electron chi connectivity index (χ2n) is 5.52. The maximum Gasteiger partial charge on any atom is 0.257 e. The molecule has 1 aromatic carbocycles. The molecule has 0 aliphatic carbocycles. The van der Waals surface area contributed by atoms with Crippen molar-refractivity contribution in [2.24, 2.45) is 0 Å². The molecule has 0 bridgehead atoms. The van der Waals surface area contributed by atoms with Crippen molar-refractivity contribution in [3.05, 3.63) is 82.1 Å². The molecule has 0 fully saturated rings. The molecular weight excluding hydrogens is 311 g/mol. The molecule has 1 atom stereocenters. The van der Waals surface area contributed by atoms with Crippen LogP contribution in [0.15, 0.2) is 60.1 Å². The lowest BCUT2D eigenvalue weighted by atomic mass is 10.1. The Morgan fingerprint density at radius 3 is 2.74 bits per heavy atom. The summed E-state index contributed by atoms with van der Waals surface area (Å²) in [4.78, 5) is 15.8. The van der Waals surface area contributed by atoms with Crippen molar-refractivity contribution in [3.8, 4) is 0 Å². The number of hydrogen-bond acceptors (Lipinski definition) is 2. The summed E-state index contributed by atoms with van der Waals surface area (Å²) in [6.45, 7) is 1.29. The molecule has 0 radical (unpaired) electrons. The Morgan fingerprint density at radius 1 is 1.09 bits per heavy atom. The number of halogens is 1. The fourth-order valence-electron chi connectivity index (χ4n) is 3.14. The van der Waals surface area contributed by atoms with Crippen molar-refractivity contribution < 1.29 is 9.18 Å². The first-order valence-corrected chi connectivity index (χ1v) is 8.37. The summed E-state index contributed by atoms with van der Waals surface area (Å²) >= 11 is 1.62. The Kier molecular flexibility index (Phi) is 3.50. The van der Waals surface area contributed by atoms with E-state index in [0.717, 1.165) is 17.1 Å². The van der Waals surface area contributed by atoms with Gasteiger partial charge in [-0.15, -0.1) is 11.3 Å². The van der Waals surface area contributed by atoms with Crippen LogP contribution in [-0.4, -0.2) is 21.9 Å². The summed E-state index contributed by atoms with van der Waals surface area (Å²) in [6, 6.07) is 14.1. The number of hydrogen-bond donors (Lipinski definition) is 0.